The Morgan fingerprint density at radius 1 is 0.321 bits per heavy atom. The maximum Gasteiger partial charge on any atom is 0.0694 e. The number of nitrogens with zero attached hydrogens (tertiary/aromatic N) is 2. The van der Waals surface area contributed by atoms with Crippen molar-refractivity contribution in [1.82, 2.24) is 0 Å². The van der Waals surface area contributed by atoms with E-state index in [0.717, 1.165) is 17.1 Å². The van der Waals surface area contributed by atoms with Gasteiger partial charge in [0.25, 0.3) is 0 Å². The zero-order chi connectivity index (χ0) is 37.0. The lowest BCUT2D eigenvalue weighted by Gasteiger charge is -2.33. The van der Waals surface area contributed by atoms with Gasteiger partial charge < -0.3 is 9.80 Å². The van der Waals surface area contributed by atoms with Gasteiger partial charge in [-0.05, 0) is 105 Å². The molecule has 0 spiro atoms. The fourth-order valence-corrected chi connectivity index (χ4v) is 12.3. The van der Waals surface area contributed by atoms with E-state index in [-0.39, 0.29) is 0 Å². The molecule has 3 heterocycles. The summed E-state index contributed by atoms with van der Waals surface area (Å²) in [5.74, 6) is 0. The molecule has 4 atom stereocenters. The highest BCUT2D eigenvalue weighted by Crippen LogP contribution is 2.65. The Bertz CT molecular complexity index is 2580. The van der Waals surface area contributed by atoms with E-state index >= 15 is 0 Å². The molecule has 4 unspecified atom stereocenters. The minimum absolute atomic E-state index is 0.342. The van der Waals surface area contributed by atoms with Gasteiger partial charge in [-0.25, -0.2) is 0 Å². The molecule has 1 saturated heterocycles. The van der Waals surface area contributed by atoms with E-state index in [1.807, 2.05) is 0 Å². The molecule has 0 N–H and O–H groups in total. The summed E-state index contributed by atoms with van der Waals surface area (Å²) in [7, 11) is 0. The van der Waals surface area contributed by atoms with Gasteiger partial charge in [0.1, 0.15) is 0 Å². The number of hydrogen-bond acceptors (Lipinski definition) is 4. The molecule has 0 aliphatic carbocycles. The first-order valence-corrected chi connectivity index (χ1v) is 21.1. The molecule has 0 saturated carbocycles. The van der Waals surface area contributed by atoms with Gasteiger partial charge in [-0.1, -0.05) is 146 Å². The fraction of sp³-hybridized carbons (Fsp3) is 0.0769. The molecule has 0 bridgehead atoms. The summed E-state index contributed by atoms with van der Waals surface area (Å²) in [6.45, 7) is 0. The smallest absolute Gasteiger partial charge is 0.0694 e. The standard InChI is InChI=1S/C52H38N2S2/c1-3-11-35(12-4-1)37-19-21-38(22-20-37)40-25-29-42(30-26-40)53(41-27-23-39(24-28-41)36-13-5-2-6-14-36)43-31-33-44(34-32-43)54-49-45-15-7-9-17-47(45)55-51(49)52-50(54)46-16-8-10-18-48(46)56-52/h1-34,49-52H. The van der Waals surface area contributed by atoms with Crippen molar-refractivity contribution in [2.75, 3.05) is 9.80 Å². The van der Waals surface area contributed by atoms with E-state index in [0.29, 0.717) is 22.6 Å². The molecular formula is C52H38N2S2. The molecular weight excluding hydrogens is 717 g/mol. The van der Waals surface area contributed by atoms with E-state index in [9.17, 15) is 0 Å². The second-order valence-electron chi connectivity index (χ2n) is 14.8. The van der Waals surface area contributed by atoms with Crippen molar-refractivity contribution < 1.29 is 0 Å². The molecule has 268 valence electrons. The predicted molar refractivity (Wildman–Crippen MR) is 238 cm³/mol. The van der Waals surface area contributed by atoms with Crippen LogP contribution in [-0.2, 0) is 0 Å². The van der Waals surface area contributed by atoms with Gasteiger partial charge in [0.2, 0.25) is 0 Å². The van der Waals surface area contributed by atoms with Crippen LogP contribution in [0, 0.1) is 0 Å². The zero-order valence-corrected chi connectivity index (χ0v) is 32.3. The first-order valence-electron chi connectivity index (χ1n) is 19.4. The number of rotatable bonds is 7. The Morgan fingerprint density at radius 3 is 1.05 bits per heavy atom. The molecule has 8 aromatic carbocycles. The normalized spacial score (nSPS) is 18.9. The highest BCUT2D eigenvalue weighted by Gasteiger charge is 2.57. The van der Waals surface area contributed by atoms with Crippen molar-refractivity contribution in [3.8, 4) is 33.4 Å². The first kappa shape index (κ1) is 33.4. The summed E-state index contributed by atoms with van der Waals surface area (Å²) in [5, 5.41) is 1.00. The summed E-state index contributed by atoms with van der Waals surface area (Å²) in [5.41, 5.74) is 14.9. The van der Waals surface area contributed by atoms with E-state index < -0.39 is 0 Å². The number of thioether (sulfide) groups is 2. The summed E-state index contributed by atoms with van der Waals surface area (Å²) in [6.07, 6.45) is 0. The molecule has 3 aliphatic heterocycles. The molecule has 0 aromatic heterocycles. The summed E-state index contributed by atoms with van der Waals surface area (Å²) in [6, 6.07) is 76.3. The second-order valence-corrected chi connectivity index (χ2v) is 17.2. The third-order valence-corrected chi connectivity index (χ3v) is 14.7. The third kappa shape index (κ3) is 5.75. The maximum absolute atomic E-state index is 2.74. The number of fused-ring (bicyclic) bond motifs is 7. The van der Waals surface area contributed by atoms with Crippen molar-refractivity contribution in [1.29, 1.82) is 0 Å². The molecule has 0 amide bonds. The van der Waals surface area contributed by atoms with Gasteiger partial charge in [0.05, 0.1) is 12.1 Å². The Balaban J connectivity index is 0.958. The lowest BCUT2D eigenvalue weighted by atomic mass is 10.00. The van der Waals surface area contributed by atoms with Crippen LogP contribution in [0.4, 0.5) is 22.7 Å². The third-order valence-electron chi connectivity index (χ3n) is 11.6. The minimum Gasteiger partial charge on any atom is -0.355 e. The average Bonchev–Trinajstić information content (AvgIpc) is 3.94. The minimum atomic E-state index is 0.342. The highest BCUT2D eigenvalue weighted by molar-refractivity contribution is 8.04. The predicted octanol–water partition coefficient (Wildman–Crippen LogP) is 14.4. The maximum atomic E-state index is 2.74. The van der Waals surface area contributed by atoms with Crippen molar-refractivity contribution in [3.63, 3.8) is 0 Å². The Kier molecular flexibility index (Phi) is 8.33. The molecule has 56 heavy (non-hydrogen) atoms. The molecule has 1 fully saturated rings. The van der Waals surface area contributed by atoms with Crippen LogP contribution in [0.15, 0.2) is 216 Å². The van der Waals surface area contributed by atoms with Crippen LogP contribution in [0.1, 0.15) is 23.2 Å². The number of anilines is 4. The molecule has 2 nitrogen and oxygen atoms in total. The first-order chi connectivity index (χ1) is 27.8. The second kappa shape index (κ2) is 14.0. The Morgan fingerprint density at radius 2 is 0.643 bits per heavy atom. The van der Waals surface area contributed by atoms with Crippen LogP contribution in [-0.4, -0.2) is 10.5 Å². The van der Waals surface area contributed by atoms with Crippen LogP contribution in [0.25, 0.3) is 33.4 Å². The van der Waals surface area contributed by atoms with Crippen LogP contribution in [0.3, 0.4) is 0 Å². The van der Waals surface area contributed by atoms with Crippen LogP contribution in [0.5, 0.6) is 0 Å². The van der Waals surface area contributed by atoms with Crippen molar-refractivity contribution in [2.24, 2.45) is 0 Å². The van der Waals surface area contributed by atoms with Crippen molar-refractivity contribution >= 4 is 46.3 Å². The number of hydrogen-bond donors (Lipinski definition) is 0. The molecule has 11 rings (SSSR count). The Hall–Kier alpha value is -5.94. The molecule has 8 aromatic rings. The molecule has 3 aliphatic rings. The van der Waals surface area contributed by atoms with Crippen LogP contribution < -0.4 is 9.80 Å². The van der Waals surface area contributed by atoms with E-state index in [4.69, 9.17) is 0 Å². The monoisotopic (exact) mass is 754 g/mol. The van der Waals surface area contributed by atoms with Gasteiger partial charge in [0, 0.05) is 43.0 Å². The summed E-state index contributed by atoms with van der Waals surface area (Å²) >= 11 is 4.17. The molecule has 0 radical (unpaired) electrons. The largest absolute Gasteiger partial charge is 0.355 e. The summed E-state index contributed by atoms with van der Waals surface area (Å²) in [4.78, 5) is 7.99. The fourth-order valence-electron chi connectivity index (χ4n) is 8.99. The van der Waals surface area contributed by atoms with E-state index in [1.165, 1.54) is 60.0 Å². The van der Waals surface area contributed by atoms with Crippen molar-refractivity contribution in [2.45, 2.75) is 32.4 Å². The molecule has 4 heteroatoms. The highest BCUT2D eigenvalue weighted by atomic mass is 32.2. The zero-order valence-electron chi connectivity index (χ0n) is 30.7. The van der Waals surface area contributed by atoms with Crippen LogP contribution in [0.2, 0.25) is 0 Å². The van der Waals surface area contributed by atoms with E-state index in [1.54, 1.807) is 0 Å². The van der Waals surface area contributed by atoms with Gasteiger partial charge in [0.15, 0.2) is 0 Å². The van der Waals surface area contributed by atoms with Crippen LogP contribution >= 0.6 is 23.5 Å². The van der Waals surface area contributed by atoms with Crippen molar-refractivity contribution in [3.05, 3.63) is 217 Å². The van der Waals surface area contributed by atoms with E-state index in [2.05, 4.69) is 240 Å². The average molecular weight is 755 g/mol. The lowest BCUT2D eigenvalue weighted by Crippen LogP contribution is -2.27. The van der Waals surface area contributed by atoms with Gasteiger partial charge in [-0.3, -0.25) is 0 Å². The van der Waals surface area contributed by atoms with Gasteiger partial charge in [-0.2, -0.15) is 0 Å². The van der Waals surface area contributed by atoms with Gasteiger partial charge in [-0.15, -0.1) is 23.5 Å². The SMILES string of the molecule is c1ccc(-c2ccc(-c3ccc(N(c4ccc(-c5ccccc5)cc4)c4ccc(N5C6c7ccccc7SC6C6Sc7ccccc7C65)cc4)cc3)cc2)cc1. The van der Waals surface area contributed by atoms with Gasteiger partial charge >= 0.3 is 0 Å². The number of benzene rings is 8. The summed E-state index contributed by atoms with van der Waals surface area (Å²) < 4.78 is 0. The lowest BCUT2D eigenvalue weighted by molar-refractivity contribution is 0.675. The topological polar surface area (TPSA) is 6.48 Å². The quantitative estimate of drug-likeness (QED) is 0.160. The Labute approximate surface area is 337 Å².